The number of nitrogens with one attached hydrogen (secondary N) is 1. The molecule has 2 aliphatic carbocycles. The number of hydrogen-bond donors (Lipinski definition) is 1. The Bertz CT molecular complexity index is 731. The van der Waals surface area contributed by atoms with Crippen LogP contribution in [0.4, 0.5) is 6.01 Å². The van der Waals surface area contributed by atoms with Gasteiger partial charge >= 0.3 is 6.01 Å². The molecular formula is C22H30N4O2. The fourth-order valence-corrected chi connectivity index (χ4v) is 3.90. The van der Waals surface area contributed by atoms with Crippen LogP contribution in [0.25, 0.3) is 0 Å². The smallest absolute Gasteiger partial charge is 0.316 e. The molecule has 2 heterocycles. The Morgan fingerprint density at radius 3 is 2.18 bits per heavy atom. The van der Waals surface area contributed by atoms with E-state index in [-0.39, 0.29) is 11.9 Å². The first kappa shape index (κ1) is 19.0. The van der Waals surface area contributed by atoms with Crippen molar-refractivity contribution in [1.82, 2.24) is 15.1 Å². The first-order valence-electron chi connectivity index (χ1n) is 10.5. The van der Waals surface area contributed by atoms with Gasteiger partial charge in [-0.1, -0.05) is 47.9 Å². The van der Waals surface area contributed by atoms with Crippen LogP contribution < -0.4 is 5.32 Å². The highest BCUT2D eigenvalue weighted by molar-refractivity contribution is 5.83. The van der Waals surface area contributed by atoms with E-state index in [1.165, 1.54) is 19.3 Å². The molecule has 0 bridgehead atoms. The molecule has 5 rings (SSSR count). The molecule has 1 aromatic carbocycles. The fraction of sp³-hybridized carbons (Fsp3) is 0.591. The van der Waals surface area contributed by atoms with E-state index in [1.54, 1.807) is 0 Å². The minimum absolute atomic E-state index is 0.138. The Hall–Kier alpha value is -2.37. The van der Waals surface area contributed by atoms with Gasteiger partial charge in [0.25, 0.3) is 0 Å². The maximum Gasteiger partial charge on any atom is 0.316 e. The van der Waals surface area contributed by atoms with Gasteiger partial charge in [0.05, 0.1) is 0 Å². The summed E-state index contributed by atoms with van der Waals surface area (Å²) in [6.07, 6.45) is 8.54. The van der Waals surface area contributed by atoms with Gasteiger partial charge in [0.15, 0.2) is 0 Å². The van der Waals surface area contributed by atoms with Crippen molar-refractivity contribution in [3.05, 3.63) is 42.3 Å². The van der Waals surface area contributed by atoms with Crippen molar-refractivity contribution >= 4 is 11.9 Å². The number of piperidine rings is 1. The maximum atomic E-state index is 12.5. The number of nitrogens with zero attached hydrogens (tertiary/aromatic N) is 3. The van der Waals surface area contributed by atoms with Crippen molar-refractivity contribution < 1.29 is 9.21 Å². The lowest BCUT2D eigenvalue weighted by molar-refractivity contribution is -0.133. The molecule has 1 aromatic heterocycles. The number of anilines is 1. The maximum absolute atomic E-state index is 12.5. The minimum Gasteiger partial charge on any atom is -0.408 e. The van der Waals surface area contributed by atoms with Gasteiger partial charge in [-0.2, -0.15) is 0 Å². The third-order valence-electron chi connectivity index (χ3n) is 6.36. The number of rotatable bonds is 4. The molecule has 1 unspecified atom stereocenters. The zero-order valence-electron chi connectivity index (χ0n) is 16.6. The number of carbonyl (C=O) groups excluding carboxylic acids is 1. The third kappa shape index (κ3) is 4.54. The van der Waals surface area contributed by atoms with Gasteiger partial charge in [-0.3, -0.25) is 4.79 Å². The first-order chi connectivity index (χ1) is 13.7. The van der Waals surface area contributed by atoms with Gasteiger partial charge in [0, 0.05) is 19.0 Å². The van der Waals surface area contributed by atoms with Crippen LogP contribution in [-0.4, -0.2) is 40.1 Å². The lowest BCUT2D eigenvalue weighted by Gasteiger charge is -2.33. The van der Waals surface area contributed by atoms with E-state index < -0.39 is 0 Å². The van der Waals surface area contributed by atoms with Crippen LogP contribution >= 0.6 is 0 Å². The van der Waals surface area contributed by atoms with Crippen LogP contribution in [-0.2, 0) is 4.79 Å². The van der Waals surface area contributed by atoms with Crippen molar-refractivity contribution in [2.24, 2.45) is 5.41 Å². The number of benzene rings is 1. The molecule has 2 saturated carbocycles. The van der Waals surface area contributed by atoms with Crippen molar-refractivity contribution in [3.8, 4) is 0 Å². The third-order valence-corrected chi connectivity index (χ3v) is 6.36. The number of hydrogen-bond acceptors (Lipinski definition) is 5. The van der Waals surface area contributed by atoms with Crippen LogP contribution in [0.1, 0.15) is 63.7 Å². The Morgan fingerprint density at radius 1 is 1.07 bits per heavy atom. The second kappa shape index (κ2) is 8.33. The van der Waals surface area contributed by atoms with Crippen LogP contribution in [0, 0.1) is 5.41 Å². The fourth-order valence-electron chi connectivity index (χ4n) is 3.90. The normalized spacial score (nSPS) is 21.2. The SMILES string of the molecule is CC(Nc1nnc(C2CCC2)o1)C(=O)N1CCC2(CC1)CC2.c1ccccc1. The molecule has 1 aliphatic heterocycles. The molecule has 1 N–H and O–H groups in total. The number of carbonyl (C=O) groups is 1. The standard InChI is InChI=1S/C16H24N4O2.C6H6/c1-11(14(21)20-9-7-16(5-6-16)8-10-20)17-15-19-18-13(22-15)12-3-2-4-12;1-2-4-6-5-3-1/h11-12H,2-10H2,1H3,(H,17,19);1-6H. The van der Waals surface area contributed by atoms with Gasteiger partial charge in [-0.05, 0) is 50.9 Å². The van der Waals surface area contributed by atoms with Crippen LogP contribution in [0.15, 0.2) is 40.8 Å². The summed E-state index contributed by atoms with van der Waals surface area (Å²) < 4.78 is 5.63. The molecule has 28 heavy (non-hydrogen) atoms. The topological polar surface area (TPSA) is 71.3 Å². The molecule has 150 valence electrons. The molecule has 2 aromatic rings. The first-order valence-corrected chi connectivity index (χ1v) is 10.5. The van der Waals surface area contributed by atoms with Crippen LogP contribution in [0.5, 0.6) is 0 Å². The van der Waals surface area contributed by atoms with E-state index in [9.17, 15) is 4.79 Å². The summed E-state index contributed by atoms with van der Waals surface area (Å²) in [6.45, 7) is 3.65. The molecule has 1 spiro atoms. The number of likely N-dealkylation sites (tertiary alicyclic amines) is 1. The van der Waals surface area contributed by atoms with E-state index >= 15 is 0 Å². The zero-order chi connectivity index (χ0) is 19.4. The monoisotopic (exact) mass is 382 g/mol. The Labute approximate surface area is 166 Å². The van der Waals surface area contributed by atoms with Crippen LogP contribution in [0.2, 0.25) is 0 Å². The average molecular weight is 383 g/mol. The largest absolute Gasteiger partial charge is 0.408 e. The molecular weight excluding hydrogens is 352 g/mol. The summed E-state index contributed by atoms with van der Waals surface area (Å²) in [7, 11) is 0. The highest BCUT2D eigenvalue weighted by Crippen LogP contribution is 2.53. The Morgan fingerprint density at radius 2 is 1.68 bits per heavy atom. The zero-order valence-corrected chi connectivity index (χ0v) is 16.6. The van der Waals surface area contributed by atoms with E-state index in [0.717, 1.165) is 38.8 Å². The second-order valence-electron chi connectivity index (χ2n) is 8.42. The van der Waals surface area contributed by atoms with Gasteiger partial charge in [-0.15, -0.1) is 5.10 Å². The molecule has 3 fully saturated rings. The predicted octanol–water partition coefficient (Wildman–Crippen LogP) is 4.23. The molecule has 1 atom stereocenters. The molecule has 6 nitrogen and oxygen atoms in total. The summed E-state index contributed by atoms with van der Waals surface area (Å²) in [5.41, 5.74) is 0.595. The van der Waals surface area contributed by atoms with Gasteiger partial charge in [-0.25, -0.2) is 0 Å². The molecule has 3 aliphatic rings. The Kier molecular flexibility index (Phi) is 5.64. The highest BCUT2D eigenvalue weighted by Gasteiger charge is 2.45. The lowest BCUT2D eigenvalue weighted by Crippen LogP contribution is -2.45. The quantitative estimate of drug-likeness (QED) is 0.857. The Balaban J connectivity index is 0.000000275. The summed E-state index contributed by atoms with van der Waals surface area (Å²) in [5, 5.41) is 11.2. The molecule has 0 radical (unpaired) electrons. The molecule has 6 heteroatoms. The average Bonchev–Trinajstić information content (AvgIpc) is 3.29. The predicted molar refractivity (Wildman–Crippen MR) is 108 cm³/mol. The van der Waals surface area contributed by atoms with Crippen molar-refractivity contribution in [2.75, 3.05) is 18.4 Å². The lowest BCUT2D eigenvalue weighted by atomic mass is 9.85. The van der Waals surface area contributed by atoms with E-state index in [1.807, 2.05) is 48.2 Å². The summed E-state index contributed by atoms with van der Waals surface area (Å²) in [6, 6.07) is 12.1. The summed E-state index contributed by atoms with van der Waals surface area (Å²) in [4.78, 5) is 14.5. The molecule has 1 saturated heterocycles. The van der Waals surface area contributed by atoms with Gasteiger partial charge in [0.2, 0.25) is 11.8 Å². The number of amides is 1. The van der Waals surface area contributed by atoms with Gasteiger partial charge < -0.3 is 14.6 Å². The van der Waals surface area contributed by atoms with Crippen molar-refractivity contribution in [1.29, 1.82) is 0 Å². The van der Waals surface area contributed by atoms with Gasteiger partial charge in [0.1, 0.15) is 6.04 Å². The van der Waals surface area contributed by atoms with Crippen molar-refractivity contribution in [2.45, 2.75) is 63.8 Å². The molecule has 1 amide bonds. The van der Waals surface area contributed by atoms with E-state index in [0.29, 0.717) is 23.2 Å². The van der Waals surface area contributed by atoms with Crippen LogP contribution in [0.3, 0.4) is 0 Å². The number of aromatic nitrogens is 2. The minimum atomic E-state index is -0.317. The van der Waals surface area contributed by atoms with E-state index in [2.05, 4.69) is 15.5 Å². The summed E-state index contributed by atoms with van der Waals surface area (Å²) in [5.74, 6) is 1.27. The highest BCUT2D eigenvalue weighted by atomic mass is 16.4. The summed E-state index contributed by atoms with van der Waals surface area (Å²) >= 11 is 0. The van der Waals surface area contributed by atoms with E-state index in [4.69, 9.17) is 4.42 Å². The second-order valence-corrected chi connectivity index (χ2v) is 8.42. The van der Waals surface area contributed by atoms with Crippen molar-refractivity contribution in [3.63, 3.8) is 0 Å².